The lowest BCUT2D eigenvalue weighted by Crippen LogP contribution is -2.32. The molecule has 0 aromatic heterocycles. The van der Waals surface area contributed by atoms with E-state index in [-0.39, 0.29) is 6.09 Å². The summed E-state index contributed by atoms with van der Waals surface area (Å²) in [6.45, 7) is 6.34. The minimum Gasteiger partial charge on any atom is -0.508 e. The van der Waals surface area contributed by atoms with Crippen molar-refractivity contribution in [3.05, 3.63) is 29.8 Å². The van der Waals surface area contributed by atoms with E-state index in [9.17, 15) is 9.90 Å². The standard InChI is InChI=1S/C24H41NO3/c1-24(2,3)28-23(27)25-20-16-12-10-8-6-4-5-7-9-11-13-17-21-18-14-15-19-22(21)26/h14-15,18-19,26H,4-13,16-17,20H2,1-3H3,(H,25,27). The maximum Gasteiger partial charge on any atom is 0.407 e. The van der Waals surface area contributed by atoms with Crippen molar-refractivity contribution >= 4 is 6.09 Å². The molecule has 28 heavy (non-hydrogen) atoms. The number of alkyl carbamates (subject to hydrolysis) is 1. The van der Waals surface area contributed by atoms with E-state index in [1.54, 1.807) is 6.07 Å². The van der Waals surface area contributed by atoms with Gasteiger partial charge in [-0.2, -0.15) is 0 Å². The number of hydrogen-bond acceptors (Lipinski definition) is 3. The fourth-order valence-electron chi connectivity index (χ4n) is 3.26. The minimum atomic E-state index is -0.422. The first-order valence-corrected chi connectivity index (χ1v) is 11.1. The van der Waals surface area contributed by atoms with Crippen LogP contribution < -0.4 is 5.32 Å². The normalized spacial score (nSPS) is 11.4. The summed E-state index contributed by atoms with van der Waals surface area (Å²) >= 11 is 0. The molecular weight excluding hydrogens is 350 g/mol. The third kappa shape index (κ3) is 13.5. The zero-order chi connectivity index (χ0) is 20.7. The van der Waals surface area contributed by atoms with Crippen LogP contribution in [0, 0.1) is 0 Å². The summed E-state index contributed by atoms with van der Waals surface area (Å²) < 4.78 is 5.21. The second-order valence-corrected chi connectivity index (χ2v) is 8.70. The lowest BCUT2D eigenvalue weighted by Gasteiger charge is -2.19. The summed E-state index contributed by atoms with van der Waals surface area (Å²) in [7, 11) is 0. The number of phenols is 1. The number of amides is 1. The highest BCUT2D eigenvalue weighted by Crippen LogP contribution is 2.19. The second-order valence-electron chi connectivity index (χ2n) is 8.70. The fourth-order valence-corrected chi connectivity index (χ4v) is 3.26. The number of rotatable bonds is 14. The first kappa shape index (κ1) is 24.3. The van der Waals surface area contributed by atoms with Gasteiger partial charge in [-0.15, -0.1) is 0 Å². The lowest BCUT2D eigenvalue weighted by atomic mass is 10.0. The molecule has 1 aromatic rings. The molecule has 0 spiro atoms. The van der Waals surface area contributed by atoms with Crippen LogP contribution in [0.2, 0.25) is 0 Å². The zero-order valence-electron chi connectivity index (χ0n) is 18.3. The van der Waals surface area contributed by atoms with E-state index in [0.717, 1.165) is 24.8 Å². The summed E-state index contributed by atoms with van der Waals surface area (Å²) in [5.74, 6) is 0.433. The van der Waals surface area contributed by atoms with Gasteiger partial charge in [-0.3, -0.25) is 0 Å². The van der Waals surface area contributed by atoms with Crippen LogP contribution in [0.15, 0.2) is 24.3 Å². The Balaban J connectivity index is 1.81. The topological polar surface area (TPSA) is 58.6 Å². The maximum absolute atomic E-state index is 11.5. The number of nitrogens with one attached hydrogen (secondary N) is 1. The van der Waals surface area contributed by atoms with Crippen LogP contribution in [-0.4, -0.2) is 23.3 Å². The van der Waals surface area contributed by atoms with Crippen LogP contribution in [0.1, 0.15) is 97.0 Å². The van der Waals surface area contributed by atoms with E-state index >= 15 is 0 Å². The van der Waals surface area contributed by atoms with Gasteiger partial charge in [0.1, 0.15) is 11.4 Å². The van der Waals surface area contributed by atoms with Gasteiger partial charge in [0, 0.05) is 6.54 Å². The summed E-state index contributed by atoms with van der Waals surface area (Å²) in [4.78, 5) is 11.5. The predicted octanol–water partition coefficient (Wildman–Crippen LogP) is 6.75. The monoisotopic (exact) mass is 391 g/mol. The minimum absolute atomic E-state index is 0.312. The number of carbonyl (C=O) groups is 1. The van der Waals surface area contributed by atoms with Crippen LogP contribution in [0.4, 0.5) is 4.79 Å². The number of aromatic hydroxyl groups is 1. The number of hydrogen-bond donors (Lipinski definition) is 2. The molecule has 1 rings (SSSR count). The first-order valence-electron chi connectivity index (χ1n) is 11.1. The van der Waals surface area contributed by atoms with Crippen LogP contribution in [-0.2, 0) is 11.2 Å². The average Bonchev–Trinajstić information content (AvgIpc) is 2.62. The molecule has 4 heteroatoms. The Morgan fingerprint density at radius 2 is 1.36 bits per heavy atom. The summed E-state index contributed by atoms with van der Waals surface area (Å²) in [5, 5.41) is 12.6. The Hall–Kier alpha value is -1.71. The Bertz CT molecular complexity index is 537. The first-order chi connectivity index (χ1) is 13.4. The molecule has 0 atom stereocenters. The number of ether oxygens (including phenoxy) is 1. The molecular formula is C24H41NO3. The molecule has 0 saturated carbocycles. The van der Waals surface area contributed by atoms with Crippen molar-refractivity contribution in [2.75, 3.05) is 6.54 Å². The smallest absolute Gasteiger partial charge is 0.407 e. The fraction of sp³-hybridized carbons (Fsp3) is 0.708. The van der Waals surface area contributed by atoms with Crippen LogP contribution >= 0.6 is 0 Å². The highest BCUT2D eigenvalue weighted by molar-refractivity contribution is 5.67. The number of para-hydroxylation sites is 1. The number of benzene rings is 1. The van der Waals surface area contributed by atoms with Crippen molar-refractivity contribution in [3.63, 3.8) is 0 Å². The van der Waals surface area contributed by atoms with Crippen molar-refractivity contribution in [2.24, 2.45) is 0 Å². The van der Waals surface area contributed by atoms with Crippen LogP contribution in [0.25, 0.3) is 0 Å². The van der Waals surface area contributed by atoms with Gasteiger partial charge in [-0.25, -0.2) is 4.79 Å². The lowest BCUT2D eigenvalue weighted by molar-refractivity contribution is 0.0527. The van der Waals surface area contributed by atoms with Crippen molar-refractivity contribution < 1.29 is 14.6 Å². The maximum atomic E-state index is 11.5. The molecule has 1 aromatic carbocycles. The average molecular weight is 392 g/mol. The van der Waals surface area contributed by atoms with Gasteiger partial charge in [0.05, 0.1) is 0 Å². The van der Waals surface area contributed by atoms with Gasteiger partial charge in [-0.05, 0) is 51.7 Å². The van der Waals surface area contributed by atoms with E-state index < -0.39 is 5.60 Å². The molecule has 0 bridgehead atoms. The molecule has 0 saturated heterocycles. The molecule has 160 valence electrons. The van der Waals surface area contributed by atoms with Gasteiger partial charge in [-0.1, -0.05) is 76.0 Å². The summed E-state index contributed by atoms with van der Waals surface area (Å²) in [6.07, 6.45) is 14.4. The van der Waals surface area contributed by atoms with Crippen molar-refractivity contribution in [1.82, 2.24) is 5.32 Å². The SMILES string of the molecule is CC(C)(C)OC(=O)NCCCCCCCCCCCCCc1ccccc1O. The van der Waals surface area contributed by atoms with Crippen molar-refractivity contribution in [2.45, 2.75) is 103 Å². The van der Waals surface area contributed by atoms with Crippen molar-refractivity contribution in [1.29, 1.82) is 0 Å². The molecule has 1 amide bonds. The highest BCUT2D eigenvalue weighted by Gasteiger charge is 2.15. The highest BCUT2D eigenvalue weighted by atomic mass is 16.6. The Morgan fingerprint density at radius 3 is 1.89 bits per heavy atom. The van der Waals surface area contributed by atoms with Crippen molar-refractivity contribution in [3.8, 4) is 5.75 Å². The quantitative estimate of drug-likeness (QED) is 0.345. The van der Waals surface area contributed by atoms with E-state index in [1.807, 2.05) is 39.0 Å². The molecule has 0 unspecified atom stereocenters. The van der Waals surface area contributed by atoms with E-state index in [1.165, 1.54) is 57.8 Å². The molecule has 0 heterocycles. The second kappa shape index (κ2) is 14.3. The number of carbonyl (C=O) groups excluding carboxylic acids is 1. The van der Waals surface area contributed by atoms with E-state index in [0.29, 0.717) is 12.3 Å². The summed E-state index contributed by atoms with van der Waals surface area (Å²) in [5.41, 5.74) is 0.651. The van der Waals surface area contributed by atoms with E-state index in [4.69, 9.17) is 4.74 Å². The molecule has 0 aliphatic heterocycles. The van der Waals surface area contributed by atoms with Gasteiger partial charge in [0.15, 0.2) is 0 Å². The zero-order valence-corrected chi connectivity index (χ0v) is 18.3. The van der Waals surface area contributed by atoms with E-state index in [2.05, 4.69) is 5.32 Å². The Labute approximate surface area is 172 Å². The molecule has 0 radical (unpaired) electrons. The molecule has 0 fully saturated rings. The number of aryl methyl sites for hydroxylation is 1. The van der Waals surface area contributed by atoms with Crippen LogP contribution in [0.3, 0.4) is 0 Å². The Kier molecular flexibility index (Phi) is 12.4. The number of unbranched alkanes of at least 4 members (excludes halogenated alkanes) is 10. The third-order valence-corrected chi connectivity index (χ3v) is 4.78. The Morgan fingerprint density at radius 1 is 0.857 bits per heavy atom. The van der Waals surface area contributed by atoms with Gasteiger partial charge in [0.2, 0.25) is 0 Å². The third-order valence-electron chi connectivity index (χ3n) is 4.78. The largest absolute Gasteiger partial charge is 0.508 e. The summed E-state index contributed by atoms with van der Waals surface area (Å²) in [6, 6.07) is 7.65. The van der Waals surface area contributed by atoms with Gasteiger partial charge in [0.25, 0.3) is 0 Å². The number of phenolic OH excluding ortho intramolecular Hbond substituents is 1. The molecule has 0 aliphatic carbocycles. The molecule has 4 nitrogen and oxygen atoms in total. The molecule has 0 aliphatic rings. The van der Waals surface area contributed by atoms with Crippen LogP contribution in [0.5, 0.6) is 5.75 Å². The molecule has 2 N–H and O–H groups in total. The predicted molar refractivity (Wildman–Crippen MR) is 117 cm³/mol. The van der Waals surface area contributed by atoms with Gasteiger partial charge < -0.3 is 15.2 Å². The van der Waals surface area contributed by atoms with Gasteiger partial charge >= 0.3 is 6.09 Å².